The number of hydrogen-bond donors (Lipinski definition) is 1. The Labute approximate surface area is 127 Å². The van der Waals surface area contributed by atoms with Gasteiger partial charge in [-0.15, -0.1) is 0 Å². The summed E-state index contributed by atoms with van der Waals surface area (Å²) < 4.78 is 5.57. The SMILES string of the molecule is CC(C)=C[C@@H]1[C@H](C(=O)NCCOc2ccccc2)C1(C)C. The molecule has 1 aromatic rings. The van der Waals surface area contributed by atoms with Gasteiger partial charge in [0.2, 0.25) is 5.91 Å². The van der Waals surface area contributed by atoms with E-state index in [1.807, 2.05) is 30.3 Å². The van der Waals surface area contributed by atoms with Crippen molar-refractivity contribution < 1.29 is 9.53 Å². The Balaban J connectivity index is 1.74. The highest BCUT2D eigenvalue weighted by molar-refractivity contribution is 5.83. The van der Waals surface area contributed by atoms with E-state index in [0.29, 0.717) is 19.1 Å². The van der Waals surface area contributed by atoms with Crippen molar-refractivity contribution in [2.75, 3.05) is 13.2 Å². The molecule has 0 radical (unpaired) electrons. The van der Waals surface area contributed by atoms with Gasteiger partial charge in [0.25, 0.3) is 0 Å². The van der Waals surface area contributed by atoms with Gasteiger partial charge < -0.3 is 10.1 Å². The van der Waals surface area contributed by atoms with Crippen LogP contribution in [0.1, 0.15) is 27.7 Å². The number of carbonyl (C=O) groups excluding carboxylic acids is 1. The van der Waals surface area contributed by atoms with Crippen LogP contribution in [-0.4, -0.2) is 19.1 Å². The zero-order chi connectivity index (χ0) is 15.5. The maximum atomic E-state index is 12.2. The number of carbonyl (C=O) groups is 1. The molecule has 1 aliphatic carbocycles. The second-order valence-electron chi connectivity index (χ2n) is 6.52. The first-order valence-electron chi connectivity index (χ1n) is 7.53. The minimum atomic E-state index is 0.0711. The molecule has 1 aromatic carbocycles. The molecule has 0 spiro atoms. The van der Waals surface area contributed by atoms with E-state index in [4.69, 9.17) is 4.74 Å². The van der Waals surface area contributed by atoms with Gasteiger partial charge in [-0.2, -0.15) is 0 Å². The predicted molar refractivity (Wildman–Crippen MR) is 85.1 cm³/mol. The van der Waals surface area contributed by atoms with Crippen molar-refractivity contribution in [2.24, 2.45) is 17.3 Å². The third-order valence-electron chi connectivity index (χ3n) is 4.12. The molecule has 2 atom stereocenters. The van der Waals surface area contributed by atoms with Crippen molar-refractivity contribution in [1.82, 2.24) is 5.32 Å². The zero-order valence-electron chi connectivity index (χ0n) is 13.3. The first kappa shape index (κ1) is 15.6. The van der Waals surface area contributed by atoms with Crippen LogP contribution in [0.2, 0.25) is 0 Å². The smallest absolute Gasteiger partial charge is 0.224 e. The summed E-state index contributed by atoms with van der Waals surface area (Å²) in [6.45, 7) is 9.51. The lowest BCUT2D eigenvalue weighted by molar-refractivity contribution is -0.123. The van der Waals surface area contributed by atoms with E-state index >= 15 is 0 Å². The van der Waals surface area contributed by atoms with Crippen molar-refractivity contribution in [3.05, 3.63) is 42.0 Å². The molecule has 0 heterocycles. The largest absolute Gasteiger partial charge is 0.492 e. The molecule has 1 aliphatic rings. The lowest BCUT2D eigenvalue weighted by Crippen LogP contribution is -2.30. The van der Waals surface area contributed by atoms with Gasteiger partial charge in [-0.05, 0) is 37.3 Å². The summed E-state index contributed by atoms with van der Waals surface area (Å²) in [4.78, 5) is 12.2. The first-order chi connectivity index (χ1) is 9.93. The molecule has 0 bridgehead atoms. The van der Waals surface area contributed by atoms with E-state index in [2.05, 4.69) is 39.1 Å². The highest BCUT2D eigenvalue weighted by atomic mass is 16.5. The third kappa shape index (κ3) is 3.87. The number of benzene rings is 1. The number of hydrogen-bond acceptors (Lipinski definition) is 2. The molecule has 3 nitrogen and oxygen atoms in total. The molecule has 1 fully saturated rings. The van der Waals surface area contributed by atoms with Gasteiger partial charge in [0.1, 0.15) is 12.4 Å². The first-order valence-corrected chi connectivity index (χ1v) is 7.53. The molecule has 3 heteroatoms. The average molecular weight is 287 g/mol. The van der Waals surface area contributed by atoms with Gasteiger partial charge in [0, 0.05) is 0 Å². The number of ether oxygens (including phenoxy) is 1. The van der Waals surface area contributed by atoms with Crippen LogP contribution in [0.15, 0.2) is 42.0 Å². The standard InChI is InChI=1S/C18H25NO2/c1-13(2)12-15-16(18(15,3)4)17(20)19-10-11-21-14-8-6-5-7-9-14/h5-9,12,15-16H,10-11H2,1-4H3,(H,19,20)/t15-,16-/m1/s1. The Morgan fingerprint density at radius 1 is 1.29 bits per heavy atom. The number of amides is 1. The summed E-state index contributed by atoms with van der Waals surface area (Å²) >= 11 is 0. The van der Waals surface area contributed by atoms with Crippen LogP contribution in [0.4, 0.5) is 0 Å². The maximum Gasteiger partial charge on any atom is 0.224 e. The predicted octanol–water partition coefficient (Wildman–Crippen LogP) is 3.42. The van der Waals surface area contributed by atoms with Crippen LogP contribution in [0.3, 0.4) is 0 Å². The van der Waals surface area contributed by atoms with Crippen LogP contribution in [0.25, 0.3) is 0 Å². The molecule has 2 rings (SSSR count). The van der Waals surface area contributed by atoms with Crippen molar-refractivity contribution in [3.63, 3.8) is 0 Å². The summed E-state index contributed by atoms with van der Waals surface area (Å²) in [5, 5.41) is 2.98. The molecule has 0 aliphatic heterocycles. The van der Waals surface area contributed by atoms with E-state index in [9.17, 15) is 4.79 Å². The molecular weight excluding hydrogens is 262 g/mol. The number of nitrogens with one attached hydrogen (secondary N) is 1. The molecule has 1 N–H and O–H groups in total. The van der Waals surface area contributed by atoms with E-state index < -0.39 is 0 Å². The van der Waals surface area contributed by atoms with Gasteiger partial charge in [-0.1, -0.05) is 43.7 Å². The van der Waals surface area contributed by atoms with Crippen molar-refractivity contribution >= 4 is 5.91 Å². The van der Waals surface area contributed by atoms with E-state index in [0.717, 1.165) is 5.75 Å². The number of rotatable bonds is 6. The fraction of sp³-hybridized carbons (Fsp3) is 0.500. The Morgan fingerprint density at radius 2 is 1.95 bits per heavy atom. The van der Waals surface area contributed by atoms with E-state index in [-0.39, 0.29) is 17.2 Å². The maximum absolute atomic E-state index is 12.2. The van der Waals surface area contributed by atoms with Crippen LogP contribution in [0, 0.1) is 17.3 Å². The molecular formula is C18H25NO2. The van der Waals surface area contributed by atoms with Gasteiger partial charge in [-0.3, -0.25) is 4.79 Å². The monoisotopic (exact) mass is 287 g/mol. The molecule has 1 saturated carbocycles. The normalized spacial score (nSPS) is 22.3. The quantitative estimate of drug-likeness (QED) is 0.643. The molecule has 0 saturated heterocycles. The minimum Gasteiger partial charge on any atom is -0.492 e. The average Bonchev–Trinajstić information content (AvgIpc) is 2.96. The Hall–Kier alpha value is -1.77. The summed E-state index contributed by atoms with van der Waals surface area (Å²) in [5.41, 5.74) is 1.34. The van der Waals surface area contributed by atoms with Crippen molar-refractivity contribution in [1.29, 1.82) is 0 Å². The number of para-hydroxylation sites is 1. The van der Waals surface area contributed by atoms with Gasteiger partial charge in [0.05, 0.1) is 12.5 Å². The summed E-state index contributed by atoms with van der Waals surface area (Å²) in [5.74, 6) is 1.42. The topological polar surface area (TPSA) is 38.3 Å². The van der Waals surface area contributed by atoms with Crippen LogP contribution < -0.4 is 10.1 Å². The molecule has 114 valence electrons. The summed E-state index contributed by atoms with van der Waals surface area (Å²) in [6.07, 6.45) is 2.21. The molecule has 21 heavy (non-hydrogen) atoms. The van der Waals surface area contributed by atoms with Gasteiger partial charge in [-0.25, -0.2) is 0 Å². The van der Waals surface area contributed by atoms with Gasteiger partial charge in [0.15, 0.2) is 0 Å². The fourth-order valence-electron chi connectivity index (χ4n) is 2.82. The lowest BCUT2D eigenvalue weighted by Gasteiger charge is -2.08. The zero-order valence-corrected chi connectivity index (χ0v) is 13.3. The lowest BCUT2D eigenvalue weighted by atomic mass is 10.1. The highest BCUT2D eigenvalue weighted by Gasteiger charge is 2.60. The second kappa shape index (κ2) is 6.33. The fourth-order valence-corrected chi connectivity index (χ4v) is 2.82. The van der Waals surface area contributed by atoms with Gasteiger partial charge >= 0.3 is 0 Å². The van der Waals surface area contributed by atoms with Crippen LogP contribution in [-0.2, 0) is 4.79 Å². The van der Waals surface area contributed by atoms with E-state index in [1.165, 1.54) is 5.57 Å². The minimum absolute atomic E-state index is 0.0711. The number of allylic oxidation sites excluding steroid dienone is 2. The Kier molecular flexibility index (Phi) is 4.71. The summed E-state index contributed by atoms with van der Waals surface area (Å²) in [6, 6.07) is 9.65. The van der Waals surface area contributed by atoms with Crippen molar-refractivity contribution in [3.8, 4) is 5.75 Å². The molecule has 0 unspecified atom stereocenters. The second-order valence-corrected chi connectivity index (χ2v) is 6.52. The highest BCUT2D eigenvalue weighted by Crippen LogP contribution is 2.59. The Morgan fingerprint density at radius 3 is 2.57 bits per heavy atom. The third-order valence-corrected chi connectivity index (χ3v) is 4.12. The Bertz CT molecular complexity index is 515. The van der Waals surface area contributed by atoms with Crippen LogP contribution >= 0.6 is 0 Å². The summed E-state index contributed by atoms with van der Waals surface area (Å²) in [7, 11) is 0. The molecule has 1 amide bonds. The molecule has 0 aromatic heterocycles. The van der Waals surface area contributed by atoms with Crippen molar-refractivity contribution in [2.45, 2.75) is 27.7 Å². The van der Waals surface area contributed by atoms with E-state index in [1.54, 1.807) is 0 Å². The van der Waals surface area contributed by atoms with Crippen LogP contribution in [0.5, 0.6) is 5.75 Å².